The van der Waals surface area contributed by atoms with Crippen molar-refractivity contribution in [3.63, 3.8) is 0 Å². The minimum absolute atomic E-state index is 0.438. The van der Waals surface area contributed by atoms with Crippen LogP contribution in [0.25, 0.3) is 0 Å². The molecule has 2 heteroatoms. The van der Waals surface area contributed by atoms with Crippen molar-refractivity contribution in [2.24, 2.45) is 6.98 Å². The number of aryl methyl sites for hydroxylation is 1. The largest absolute Gasteiger partial charge is 0.272 e. The van der Waals surface area contributed by atoms with Crippen LogP contribution in [0.4, 0.5) is 0 Å². The lowest BCUT2D eigenvalue weighted by atomic mass is 10.3. The highest BCUT2D eigenvalue weighted by molar-refractivity contribution is 5.13. The summed E-state index contributed by atoms with van der Waals surface area (Å²) in [4.78, 5) is 0. The zero-order chi connectivity index (χ0) is 8.77. The van der Waals surface area contributed by atoms with Crippen LogP contribution in [0, 0.1) is 0 Å². The molecule has 1 saturated carbocycles. The lowest BCUT2D eigenvalue weighted by Gasteiger charge is -1.94. The van der Waals surface area contributed by atoms with E-state index in [1.807, 2.05) is 0 Å². The lowest BCUT2D eigenvalue weighted by molar-refractivity contribution is 0.714. The van der Waals surface area contributed by atoms with Crippen LogP contribution in [0.1, 0.15) is 28.6 Å². The molecule has 0 aromatic carbocycles. The van der Waals surface area contributed by atoms with Crippen LogP contribution >= 0.6 is 0 Å². The van der Waals surface area contributed by atoms with Crippen LogP contribution in [-0.2, 0) is 6.98 Å². The third-order valence-corrected chi connectivity index (χ3v) is 1.67. The minimum Gasteiger partial charge on any atom is -0.272 e. The molecule has 0 aliphatic heterocycles. The number of rotatable bonds is 1. The molecule has 1 aliphatic rings. The van der Waals surface area contributed by atoms with Crippen molar-refractivity contribution >= 4 is 0 Å². The number of aromatic nitrogens is 2. The molecule has 0 radical (unpaired) electrons. The molecule has 0 unspecified atom stereocenters. The zero-order valence-corrected chi connectivity index (χ0v) is 5.04. The van der Waals surface area contributed by atoms with Crippen molar-refractivity contribution < 1.29 is 4.11 Å². The summed E-state index contributed by atoms with van der Waals surface area (Å²) in [5.74, 6) is 0.438. The van der Waals surface area contributed by atoms with E-state index >= 15 is 0 Å². The Morgan fingerprint density at radius 3 is 3.44 bits per heavy atom. The normalized spacial score (nSPS) is 24.7. The van der Waals surface area contributed by atoms with Gasteiger partial charge in [0.1, 0.15) is 0 Å². The second-order valence-corrected chi connectivity index (χ2v) is 2.44. The van der Waals surface area contributed by atoms with Gasteiger partial charge >= 0.3 is 0 Å². The standard InChI is InChI=1S/C7H10N2/c1-9-7(4-5-8-9)6-2-3-6/h4-6H,2-3H2,1H3/i1D3. The molecule has 1 aromatic heterocycles. The maximum atomic E-state index is 7.19. The Kier molecular flexibility index (Phi) is 0.507. The van der Waals surface area contributed by atoms with Crippen molar-refractivity contribution in [2.75, 3.05) is 0 Å². The van der Waals surface area contributed by atoms with Crippen molar-refractivity contribution in [3.8, 4) is 0 Å². The summed E-state index contributed by atoms with van der Waals surface area (Å²) in [6.07, 6.45) is 3.75. The summed E-state index contributed by atoms with van der Waals surface area (Å²) >= 11 is 0. The van der Waals surface area contributed by atoms with Gasteiger partial charge in [-0.1, -0.05) is 0 Å². The monoisotopic (exact) mass is 125 g/mol. The predicted molar refractivity (Wildman–Crippen MR) is 35.2 cm³/mol. The average molecular weight is 125 g/mol. The van der Waals surface area contributed by atoms with Crippen molar-refractivity contribution in [1.82, 2.24) is 9.78 Å². The summed E-state index contributed by atoms with van der Waals surface area (Å²) in [6.45, 7) is -2.11. The van der Waals surface area contributed by atoms with E-state index in [1.165, 1.54) is 0 Å². The van der Waals surface area contributed by atoms with E-state index in [1.54, 1.807) is 12.3 Å². The van der Waals surface area contributed by atoms with Crippen molar-refractivity contribution in [2.45, 2.75) is 18.8 Å². The molecule has 48 valence electrons. The van der Waals surface area contributed by atoms with Gasteiger partial charge < -0.3 is 0 Å². The molecule has 9 heavy (non-hydrogen) atoms. The third kappa shape index (κ3) is 0.745. The Balaban J connectivity index is 2.36. The fourth-order valence-electron chi connectivity index (χ4n) is 1.00. The van der Waals surface area contributed by atoms with Crippen LogP contribution in [0.2, 0.25) is 0 Å². The second-order valence-electron chi connectivity index (χ2n) is 2.44. The van der Waals surface area contributed by atoms with E-state index in [9.17, 15) is 0 Å². The molecule has 1 heterocycles. The highest BCUT2D eigenvalue weighted by atomic mass is 15.3. The fraction of sp³-hybridized carbons (Fsp3) is 0.571. The highest BCUT2D eigenvalue weighted by Crippen LogP contribution is 2.39. The molecule has 0 amide bonds. The van der Waals surface area contributed by atoms with Gasteiger partial charge in [0.05, 0.1) is 0 Å². The first-order valence-corrected chi connectivity index (χ1v) is 3.13. The Morgan fingerprint density at radius 1 is 1.89 bits per heavy atom. The first-order valence-electron chi connectivity index (χ1n) is 4.63. The van der Waals surface area contributed by atoms with E-state index in [0.717, 1.165) is 23.2 Å². The van der Waals surface area contributed by atoms with Gasteiger partial charge in [-0.3, -0.25) is 4.68 Å². The van der Waals surface area contributed by atoms with Gasteiger partial charge in [-0.15, -0.1) is 0 Å². The van der Waals surface area contributed by atoms with E-state index in [2.05, 4.69) is 5.10 Å². The van der Waals surface area contributed by atoms with Gasteiger partial charge in [0.15, 0.2) is 0 Å². The van der Waals surface area contributed by atoms with Crippen LogP contribution in [-0.4, -0.2) is 9.78 Å². The molecular weight excluding hydrogens is 112 g/mol. The molecule has 0 saturated heterocycles. The van der Waals surface area contributed by atoms with Crippen LogP contribution in [0.15, 0.2) is 12.3 Å². The molecule has 1 aromatic rings. The second kappa shape index (κ2) is 1.59. The SMILES string of the molecule is [2H]C([2H])([2H])n1nccc1C1CC1. The molecule has 0 atom stereocenters. The Morgan fingerprint density at radius 2 is 2.78 bits per heavy atom. The highest BCUT2D eigenvalue weighted by Gasteiger charge is 2.25. The molecular formula is C7H10N2. The quantitative estimate of drug-likeness (QED) is 0.553. The molecule has 2 rings (SSSR count). The van der Waals surface area contributed by atoms with E-state index in [0.29, 0.717) is 5.92 Å². The molecule has 0 N–H and O–H groups in total. The fourth-order valence-corrected chi connectivity index (χ4v) is 1.00. The minimum atomic E-state index is -2.11. The summed E-state index contributed by atoms with van der Waals surface area (Å²) in [6, 6.07) is 1.80. The van der Waals surface area contributed by atoms with Gasteiger partial charge in [0, 0.05) is 28.9 Å². The Bertz CT molecular complexity index is 285. The van der Waals surface area contributed by atoms with Gasteiger partial charge in [0.2, 0.25) is 0 Å². The summed E-state index contributed by atoms with van der Waals surface area (Å²) in [5, 5.41) is 3.80. The predicted octanol–water partition coefficient (Wildman–Crippen LogP) is 1.30. The van der Waals surface area contributed by atoms with E-state index < -0.39 is 6.98 Å². The van der Waals surface area contributed by atoms with Crippen molar-refractivity contribution in [1.29, 1.82) is 0 Å². The van der Waals surface area contributed by atoms with Crippen molar-refractivity contribution in [3.05, 3.63) is 18.0 Å². The third-order valence-electron chi connectivity index (χ3n) is 1.67. The first-order chi connectivity index (χ1) is 5.59. The van der Waals surface area contributed by atoms with E-state index in [-0.39, 0.29) is 0 Å². The van der Waals surface area contributed by atoms with Gasteiger partial charge in [-0.25, -0.2) is 0 Å². The number of hydrogen-bond donors (Lipinski definition) is 0. The lowest BCUT2D eigenvalue weighted by Crippen LogP contribution is -1.94. The number of hydrogen-bond acceptors (Lipinski definition) is 1. The van der Waals surface area contributed by atoms with Crippen LogP contribution in [0.5, 0.6) is 0 Å². The van der Waals surface area contributed by atoms with Gasteiger partial charge in [-0.2, -0.15) is 5.10 Å². The maximum Gasteiger partial charge on any atom is 0.0492 e. The zero-order valence-electron chi connectivity index (χ0n) is 8.04. The maximum absolute atomic E-state index is 7.19. The molecule has 1 fully saturated rings. The molecule has 1 aliphatic carbocycles. The Hall–Kier alpha value is -0.790. The smallest absolute Gasteiger partial charge is 0.0492 e. The van der Waals surface area contributed by atoms with Crippen LogP contribution in [0.3, 0.4) is 0 Å². The topological polar surface area (TPSA) is 17.8 Å². The molecule has 2 nitrogen and oxygen atoms in total. The first kappa shape index (κ1) is 2.86. The average Bonchev–Trinajstić information content (AvgIpc) is 2.65. The molecule has 0 spiro atoms. The summed E-state index contributed by atoms with van der Waals surface area (Å²) < 4.78 is 22.7. The van der Waals surface area contributed by atoms with Crippen LogP contribution < -0.4 is 0 Å². The number of nitrogens with zero attached hydrogens (tertiary/aromatic N) is 2. The summed E-state index contributed by atoms with van der Waals surface area (Å²) in [7, 11) is 0. The Labute approximate surface area is 58.7 Å². The molecule has 0 bridgehead atoms. The van der Waals surface area contributed by atoms with Gasteiger partial charge in [0.25, 0.3) is 0 Å². The summed E-state index contributed by atoms with van der Waals surface area (Å²) in [5.41, 5.74) is 0.856. The van der Waals surface area contributed by atoms with Gasteiger partial charge in [-0.05, 0) is 18.9 Å². The van der Waals surface area contributed by atoms with E-state index in [4.69, 9.17) is 4.11 Å².